The van der Waals surface area contributed by atoms with E-state index < -0.39 is 0 Å². The van der Waals surface area contributed by atoms with Gasteiger partial charge in [0, 0.05) is 12.1 Å². The van der Waals surface area contributed by atoms with E-state index in [2.05, 4.69) is 24.8 Å². The summed E-state index contributed by atoms with van der Waals surface area (Å²) in [4.78, 5) is 2.52. The standard InChI is InChI=1S/C11H20N2/c1-3-11(7-8-12)13-9-5-4-6-10(13)2/h10-11H,3-7,9H2,1-2H3. The van der Waals surface area contributed by atoms with Crippen LogP contribution in [0.4, 0.5) is 0 Å². The minimum Gasteiger partial charge on any atom is -0.297 e. The van der Waals surface area contributed by atoms with E-state index in [9.17, 15) is 0 Å². The van der Waals surface area contributed by atoms with Crippen LogP contribution in [0.15, 0.2) is 0 Å². The van der Waals surface area contributed by atoms with Crippen LogP contribution in [0.1, 0.15) is 46.0 Å². The molecule has 13 heavy (non-hydrogen) atoms. The number of nitrogens with zero attached hydrogens (tertiary/aromatic N) is 2. The molecule has 0 spiro atoms. The average molecular weight is 180 g/mol. The van der Waals surface area contributed by atoms with Gasteiger partial charge in [-0.15, -0.1) is 0 Å². The number of piperidine rings is 1. The maximum Gasteiger partial charge on any atom is 0.0638 e. The molecule has 0 aromatic heterocycles. The minimum absolute atomic E-state index is 0.500. The van der Waals surface area contributed by atoms with Crippen molar-refractivity contribution in [3.63, 3.8) is 0 Å². The molecule has 2 heteroatoms. The van der Waals surface area contributed by atoms with Gasteiger partial charge >= 0.3 is 0 Å². The second kappa shape index (κ2) is 5.24. The van der Waals surface area contributed by atoms with E-state index in [1.807, 2.05) is 0 Å². The van der Waals surface area contributed by atoms with Crippen molar-refractivity contribution >= 4 is 0 Å². The molecule has 0 saturated carbocycles. The van der Waals surface area contributed by atoms with Gasteiger partial charge in [0.05, 0.1) is 12.5 Å². The lowest BCUT2D eigenvalue weighted by Gasteiger charge is -2.38. The molecule has 2 nitrogen and oxygen atoms in total. The molecule has 2 atom stereocenters. The Morgan fingerprint density at radius 3 is 2.85 bits per heavy atom. The van der Waals surface area contributed by atoms with Crippen LogP contribution >= 0.6 is 0 Å². The first-order valence-corrected chi connectivity index (χ1v) is 5.42. The Morgan fingerprint density at radius 1 is 1.54 bits per heavy atom. The van der Waals surface area contributed by atoms with Gasteiger partial charge in [-0.25, -0.2) is 0 Å². The lowest BCUT2D eigenvalue weighted by molar-refractivity contribution is 0.104. The Morgan fingerprint density at radius 2 is 2.31 bits per heavy atom. The molecule has 74 valence electrons. The van der Waals surface area contributed by atoms with E-state index in [0.29, 0.717) is 18.5 Å². The third-order valence-corrected chi connectivity index (χ3v) is 3.12. The third kappa shape index (κ3) is 2.70. The zero-order valence-electron chi connectivity index (χ0n) is 8.79. The maximum absolute atomic E-state index is 8.71. The summed E-state index contributed by atoms with van der Waals surface area (Å²) in [6.07, 6.45) is 5.79. The summed E-state index contributed by atoms with van der Waals surface area (Å²) in [7, 11) is 0. The Labute approximate surface area is 81.5 Å². The zero-order chi connectivity index (χ0) is 9.68. The van der Waals surface area contributed by atoms with E-state index in [-0.39, 0.29) is 0 Å². The molecule has 1 saturated heterocycles. The van der Waals surface area contributed by atoms with Gasteiger partial charge in [0.1, 0.15) is 0 Å². The van der Waals surface area contributed by atoms with Crippen molar-refractivity contribution in [3.8, 4) is 6.07 Å². The number of hydrogen-bond donors (Lipinski definition) is 0. The Hall–Kier alpha value is -0.550. The molecule has 0 N–H and O–H groups in total. The molecule has 1 aliphatic heterocycles. The summed E-state index contributed by atoms with van der Waals surface area (Å²) < 4.78 is 0. The molecule has 2 unspecified atom stereocenters. The molecule has 0 aromatic carbocycles. The van der Waals surface area contributed by atoms with Crippen LogP contribution in [0.2, 0.25) is 0 Å². The topological polar surface area (TPSA) is 27.0 Å². The zero-order valence-corrected chi connectivity index (χ0v) is 8.79. The number of nitriles is 1. The normalized spacial score (nSPS) is 26.7. The van der Waals surface area contributed by atoms with Gasteiger partial charge in [-0.3, -0.25) is 4.90 Å². The van der Waals surface area contributed by atoms with Crippen molar-refractivity contribution in [1.82, 2.24) is 4.90 Å². The van der Waals surface area contributed by atoms with Gasteiger partial charge in [-0.1, -0.05) is 13.3 Å². The first kappa shape index (κ1) is 10.5. The van der Waals surface area contributed by atoms with Crippen LogP contribution in [-0.2, 0) is 0 Å². The van der Waals surface area contributed by atoms with Crippen LogP contribution in [0, 0.1) is 11.3 Å². The summed E-state index contributed by atoms with van der Waals surface area (Å²) in [5.41, 5.74) is 0. The van der Waals surface area contributed by atoms with Crippen LogP contribution in [0.5, 0.6) is 0 Å². The van der Waals surface area contributed by atoms with E-state index in [4.69, 9.17) is 5.26 Å². The summed E-state index contributed by atoms with van der Waals surface area (Å²) in [6, 6.07) is 3.48. The maximum atomic E-state index is 8.71. The highest BCUT2D eigenvalue weighted by molar-refractivity contribution is 4.86. The molecule has 0 bridgehead atoms. The Kier molecular flexibility index (Phi) is 4.24. The Bertz CT molecular complexity index is 183. The van der Waals surface area contributed by atoms with Crippen LogP contribution < -0.4 is 0 Å². The summed E-state index contributed by atoms with van der Waals surface area (Å²) in [6.45, 7) is 5.67. The molecule has 0 amide bonds. The molecule has 1 rings (SSSR count). The van der Waals surface area contributed by atoms with Crippen LogP contribution in [0.25, 0.3) is 0 Å². The predicted octanol–water partition coefficient (Wildman–Crippen LogP) is 2.55. The van der Waals surface area contributed by atoms with E-state index in [0.717, 1.165) is 6.42 Å². The molecule has 1 fully saturated rings. The second-order valence-electron chi connectivity index (χ2n) is 4.01. The SMILES string of the molecule is CCC(CC#N)N1CCCCC1C. The van der Waals surface area contributed by atoms with Gasteiger partial charge in [-0.05, 0) is 32.7 Å². The minimum atomic E-state index is 0.500. The van der Waals surface area contributed by atoms with Gasteiger partial charge in [-0.2, -0.15) is 5.26 Å². The molecular weight excluding hydrogens is 160 g/mol. The van der Waals surface area contributed by atoms with Crippen LogP contribution in [0.3, 0.4) is 0 Å². The van der Waals surface area contributed by atoms with E-state index in [1.165, 1.54) is 25.8 Å². The van der Waals surface area contributed by atoms with Crippen molar-refractivity contribution in [2.45, 2.75) is 58.0 Å². The van der Waals surface area contributed by atoms with E-state index >= 15 is 0 Å². The number of hydrogen-bond acceptors (Lipinski definition) is 2. The summed E-state index contributed by atoms with van der Waals surface area (Å²) in [5, 5.41) is 8.71. The fourth-order valence-electron chi connectivity index (χ4n) is 2.26. The highest BCUT2D eigenvalue weighted by Gasteiger charge is 2.24. The lowest BCUT2D eigenvalue weighted by Crippen LogP contribution is -2.44. The second-order valence-corrected chi connectivity index (χ2v) is 4.01. The van der Waals surface area contributed by atoms with Crippen molar-refractivity contribution in [2.24, 2.45) is 0 Å². The quantitative estimate of drug-likeness (QED) is 0.667. The third-order valence-electron chi connectivity index (χ3n) is 3.12. The lowest BCUT2D eigenvalue weighted by atomic mass is 9.99. The molecule has 0 aromatic rings. The molecular formula is C11H20N2. The summed E-state index contributed by atoms with van der Waals surface area (Å²) >= 11 is 0. The monoisotopic (exact) mass is 180 g/mol. The molecule has 1 heterocycles. The van der Waals surface area contributed by atoms with Crippen molar-refractivity contribution in [2.75, 3.05) is 6.54 Å². The van der Waals surface area contributed by atoms with Crippen molar-refractivity contribution < 1.29 is 0 Å². The van der Waals surface area contributed by atoms with E-state index in [1.54, 1.807) is 0 Å². The van der Waals surface area contributed by atoms with Gasteiger partial charge in [0.25, 0.3) is 0 Å². The first-order valence-electron chi connectivity index (χ1n) is 5.42. The highest BCUT2D eigenvalue weighted by atomic mass is 15.2. The molecule has 0 aliphatic carbocycles. The first-order chi connectivity index (χ1) is 6.29. The Balaban J connectivity index is 2.50. The predicted molar refractivity (Wildman–Crippen MR) is 54.3 cm³/mol. The fourth-order valence-corrected chi connectivity index (χ4v) is 2.26. The highest BCUT2D eigenvalue weighted by Crippen LogP contribution is 2.21. The van der Waals surface area contributed by atoms with Gasteiger partial charge in [0.15, 0.2) is 0 Å². The van der Waals surface area contributed by atoms with Gasteiger partial charge in [0.2, 0.25) is 0 Å². The summed E-state index contributed by atoms with van der Waals surface area (Å²) in [5.74, 6) is 0. The smallest absolute Gasteiger partial charge is 0.0638 e. The average Bonchev–Trinajstić information content (AvgIpc) is 2.16. The number of rotatable bonds is 3. The van der Waals surface area contributed by atoms with Crippen molar-refractivity contribution in [1.29, 1.82) is 5.26 Å². The van der Waals surface area contributed by atoms with Crippen LogP contribution in [-0.4, -0.2) is 23.5 Å². The molecule has 1 aliphatic rings. The fraction of sp³-hybridized carbons (Fsp3) is 0.909. The largest absolute Gasteiger partial charge is 0.297 e. The molecule has 0 radical (unpaired) electrons. The van der Waals surface area contributed by atoms with Crippen molar-refractivity contribution in [3.05, 3.63) is 0 Å². The van der Waals surface area contributed by atoms with Gasteiger partial charge < -0.3 is 0 Å². The number of likely N-dealkylation sites (tertiary alicyclic amines) is 1.